The lowest BCUT2D eigenvalue weighted by Crippen LogP contribution is -2.01. The summed E-state index contributed by atoms with van der Waals surface area (Å²) in [4.78, 5) is 0. The molecule has 3 heteroatoms. The highest BCUT2D eigenvalue weighted by Crippen LogP contribution is 2.25. The first-order valence-electron chi connectivity index (χ1n) is 5.27. The number of hydrogen-bond acceptors (Lipinski definition) is 2. The van der Waals surface area contributed by atoms with Gasteiger partial charge in [-0.25, -0.2) is 0 Å². The Morgan fingerprint density at radius 2 is 2.13 bits per heavy atom. The average molecular weight is 228 g/mol. The van der Waals surface area contributed by atoms with Gasteiger partial charge in [-0.2, -0.15) is 0 Å². The highest BCUT2D eigenvalue weighted by molar-refractivity contribution is 6.30. The zero-order valence-corrected chi connectivity index (χ0v) is 10.1. The average Bonchev–Trinajstić information content (AvgIpc) is 2.14. The Labute approximate surface area is 96.4 Å². The number of benzene rings is 1. The largest absolute Gasteiger partial charge is 0.491 e. The standard InChI is InChI=1S/C12H18ClNO/c1-9(2)4-3-7-15-12-6-5-10(13)8-11(12)14/h5-6,8-9H,3-4,7,14H2,1-2H3. The summed E-state index contributed by atoms with van der Waals surface area (Å²) in [6.07, 6.45) is 2.23. The Bertz CT molecular complexity index is 312. The first-order chi connectivity index (χ1) is 7.09. The van der Waals surface area contributed by atoms with Gasteiger partial charge in [-0.15, -0.1) is 0 Å². The second kappa shape index (κ2) is 5.86. The summed E-state index contributed by atoms with van der Waals surface area (Å²) in [5.74, 6) is 1.44. The van der Waals surface area contributed by atoms with E-state index in [0.717, 1.165) is 18.1 Å². The first-order valence-corrected chi connectivity index (χ1v) is 5.65. The molecule has 0 bridgehead atoms. The quantitative estimate of drug-likeness (QED) is 0.615. The van der Waals surface area contributed by atoms with E-state index in [9.17, 15) is 0 Å². The van der Waals surface area contributed by atoms with Gasteiger partial charge in [0.15, 0.2) is 0 Å². The van der Waals surface area contributed by atoms with Gasteiger partial charge in [-0.05, 0) is 37.0 Å². The fraction of sp³-hybridized carbons (Fsp3) is 0.500. The third kappa shape index (κ3) is 4.43. The van der Waals surface area contributed by atoms with Gasteiger partial charge < -0.3 is 10.5 Å². The molecule has 0 saturated heterocycles. The molecule has 0 amide bonds. The lowest BCUT2D eigenvalue weighted by Gasteiger charge is -2.09. The van der Waals surface area contributed by atoms with Crippen molar-refractivity contribution in [3.8, 4) is 5.75 Å². The second-order valence-electron chi connectivity index (χ2n) is 4.07. The molecular formula is C12H18ClNO. The minimum Gasteiger partial charge on any atom is -0.491 e. The van der Waals surface area contributed by atoms with Crippen molar-refractivity contribution in [3.63, 3.8) is 0 Å². The van der Waals surface area contributed by atoms with Crippen LogP contribution in [0, 0.1) is 5.92 Å². The zero-order chi connectivity index (χ0) is 11.3. The maximum atomic E-state index is 5.78. The number of rotatable bonds is 5. The van der Waals surface area contributed by atoms with E-state index < -0.39 is 0 Å². The Hall–Kier alpha value is -0.890. The van der Waals surface area contributed by atoms with Crippen LogP contribution in [0.4, 0.5) is 5.69 Å². The van der Waals surface area contributed by atoms with Crippen LogP contribution in [0.3, 0.4) is 0 Å². The van der Waals surface area contributed by atoms with Crippen LogP contribution < -0.4 is 10.5 Å². The van der Waals surface area contributed by atoms with Crippen LogP contribution in [0.25, 0.3) is 0 Å². The molecule has 0 aliphatic rings. The molecule has 1 aromatic carbocycles. The van der Waals surface area contributed by atoms with Crippen molar-refractivity contribution in [2.45, 2.75) is 26.7 Å². The maximum absolute atomic E-state index is 5.78. The highest BCUT2D eigenvalue weighted by Gasteiger charge is 2.01. The Morgan fingerprint density at radius 1 is 1.40 bits per heavy atom. The fourth-order valence-corrected chi connectivity index (χ4v) is 1.51. The SMILES string of the molecule is CC(C)CCCOc1ccc(Cl)cc1N. The molecule has 84 valence electrons. The number of ether oxygens (including phenoxy) is 1. The molecule has 0 atom stereocenters. The molecule has 0 heterocycles. The van der Waals surface area contributed by atoms with E-state index in [1.807, 2.05) is 6.07 Å². The Kier molecular flexibility index (Phi) is 4.76. The van der Waals surface area contributed by atoms with Crippen molar-refractivity contribution in [3.05, 3.63) is 23.2 Å². The molecule has 2 N–H and O–H groups in total. The monoisotopic (exact) mass is 227 g/mol. The van der Waals surface area contributed by atoms with Gasteiger partial charge >= 0.3 is 0 Å². The zero-order valence-electron chi connectivity index (χ0n) is 9.29. The summed E-state index contributed by atoms with van der Waals surface area (Å²) in [7, 11) is 0. The van der Waals surface area contributed by atoms with Gasteiger partial charge in [-0.3, -0.25) is 0 Å². The van der Waals surface area contributed by atoms with Crippen LogP contribution in [0.15, 0.2) is 18.2 Å². The third-order valence-electron chi connectivity index (χ3n) is 2.16. The molecule has 15 heavy (non-hydrogen) atoms. The third-order valence-corrected chi connectivity index (χ3v) is 2.39. The van der Waals surface area contributed by atoms with E-state index in [4.69, 9.17) is 22.1 Å². The van der Waals surface area contributed by atoms with E-state index in [1.54, 1.807) is 12.1 Å². The molecule has 0 fully saturated rings. The van der Waals surface area contributed by atoms with Crippen LogP contribution in [-0.4, -0.2) is 6.61 Å². The number of nitrogens with two attached hydrogens (primary N) is 1. The summed E-state index contributed by atoms with van der Waals surface area (Å²) in [5.41, 5.74) is 6.36. The predicted octanol–water partition coefficient (Wildman–Crippen LogP) is 3.74. The van der Waals surface area contributed by atoms with Gasteiger partial charge in [-0.1, -0.05) is 25.4 Å². The number of anilines is 1. The summed E-state index contributed by atoms with van der Waals surface area (Å²) in [6.45, 7) is 5.12. The lowest BCUT2D eigenvalue weighted by atomic mass is 10.1. The van der Waals surface area contributed by atoms with Crippen LogP contribution in [-0.2, 0) is 0 Å². The minimum atomic E-state index is 0.604. The Morgan fingerprint density at radius 3 is 2.73 bits per heavy atom. The topological polar surface area (TPSA) is 35.2 Å². The van der Waals surface area contributed by atoms with Crippen molar-refractivity contribution in [2.24, 2.45) is 5.92 Å². The molecule has 0 aromatic heterocycles. The van der Waals surface area contributed by atoms with Gasteiger partial charge in [0.1, 0.15) is 5.75 Å². The van der Waals surface area contributed by atoms with Crippen LogP contribution >= 0.6 is 11.6 Å². The van der Waals surface area contributed by atoms with Crippen molar-refractivity contribution < 1.29 is 4.74 Å². The molecular weight excluding hydrogens is 210 g/mol. The van der Waals surface area contributed by atoms with E-state index in [-0.39, 0.29) is 0 Å². The van der Waals surface area contributed by atoms with E-state index in [0.29, 0.717) is 17.3 Å². The summed E-state index contributed by atoms with van der Waals surface area (Å²) >= 11 is 5.78. The van der Waals surface area contributed by atoms with E-state index in [2.05, 4.69) is 13.8 Å². The molecule has 0 unspecified atom stereocenters. The van der Waals surface area contributed by atoms with E-state index >= 15 is 0 Å². The summed E-state index contributed by atoms with van der Waals surface area (Å²) in [5, 5.41) is 0.641. The van der Waals surface area contributed by atoms with Gasteiger partial charge in [0.2, 0.25) is 0 Å². The molecule has 0 saturated carbocycles. The summed E-state index contributed by atoms with van der Waals surface area (Å²) < 4.78 is 5.56. The molecule has 1 aromatic rings. The normalized spacial score (nSPS) is 10.7. The number of nitrogen functional groups attached to an aromatic ring is 1. The van der Waals surface area contributed by atoms with Gasteiger partial charge in [0.05, 0.1) is 12.3 Å². The van der Waals surface area contributed by atoms with Crippen LogP contribution in [0.2, 0.25) is 5.02 Å². The second-order valence-corrected chi connectivity index (χ2v) is 4.50. The Balaban J connectivity index is 2.37. The van der Waals surface area contributed by atoms with Crippen molar-refractivity contribution in [1.29, 1.82) is 0 Å². The fourth-order valence-electron chi connectivity index (χ4n) is 1.32. The molecule has 2 nitrogen and oxygen atoms in total. The number of hydrogen-bond donors (Lipinski definition) is 1. The van der Waals surface area contributed by atoms with Gasteiger partial charge in [0.25, 0.3) is 0 Å². The molecule has 0 radical (unpaired) electrons. The van der Waals surface area contributed by atoms with E-state index in [1.165, 1.54) is 6.42 Å². The summed E-state index contributed by atoms with van der Waals surface area (Å²) in [6, 6.07) is 5.31. The van der Waals surface area contributed by atoms with Crippen molar-refractivity contribution in [1.82, 2.24) is 0 Å². The minimum absolute atomic E-state index is 0.604. The first kappa shape index (κ1) is 12.2. The lowest BCUT2D eigenvalue weighted by molar-refractivity contribution is 0.299. The molecule has 0 aliphatic heterocycles. The maximum Gasteiger partial charge on any atom is 0.142 e. The molecule has 0 spiro atoms. The molecule has 0 aliphatic carbocycles. The molecule has 1 rings (SSSR count). The highest BCUT2D eigenvalue weighted by atomic mass is 35.5. The van der Waals surface area contributed by atoms with Crippen molar-refractivity contribution >= 4 is 17.3 Å². The number of halogens is 1. The predicted molar refractivity (Wildman–Crippen MR) is 65.4 cm³/mol. The smallest absolute Gasteiger partial charge is 0.142 e. The van der Waals surface area contributed by atoms with Crippen molar-refractivity contribution in [2.75, 3.05) is 12.3 Å². The van der Waals surface area contributed by atoms with Crippen LogP contribution in [0.5, 0.6) is 5.75 Å². The van der Waals surface area contributed by atoms with Crippen LogP contribution in [0.1, 0.15) is 26.7 Å². The van der Waals surface area contributed by atoms with Gasteiger partial charge in [0, 0.05) is 5.02 Å².